The van der Waals surface area contributed by atoms with Gasteiger partial charge < -0.3 is 29.0 Å². The molecular formula is C23H24ClNO7. The average Bonchev–Trinajstić information content (AvgIpc) is 3.06. The Morgan fingerprint density at radius 1 is 1.00 bits per heavy atom. The third-order valence-electron chi connectivity index (χ3n) is 5.20. The molecule has 3 rings (SSSR count). The van der Waals surface area contributed by atoms with Gasteiger partial charge in [-0.15, -0.1) is 0 Å². The highest BCUT2D eigenvalue weighted by atomic mass is 35.5. The van der Waals surface area contributed by atoms with Crippen molar-refractivity contribution in [2.24, 2.45) is 0 Å². The van der Waals surface area contributed by atoms with E-state index >= 15 is 0 Å². The largest absolute Gasteiger partial charge is 0.507 e. The van der Waals surface area contributed by atoms with Crippen molar-refractivity contribution in [2.75, 3.05) is 41.6 Å². The number of aliphatic hydroxyl groups excluding tert-OH is 1. The highest BCUT2D eigenvalue weighted by molar-refractivity contribution is 6.46. The first-order valence-corrected chi connectivity index (χ1v) is 10.1. The summed E-state index contributed by atoms with van der Waals surface area (Å²) in [5, 5.41) is 11.5. The van der Waals surface area contributed by atoms with Gasteiger partial charge in [-0.3, -0.25) is 9.59 Å². The Bertz CT molecular complexity index is 1020. The van der Waals surface area contributed by atoms with Crippen LogP contribution in [0.25, 0.3) is 5.76 Å². The number of ether oxygens (including phenoxy) is 4. The van der Waals surface area contributed by atoms with Gasteiger partial charge in [-0.25, -0.2) is 0 Å². The minimum absolute atomic E-state index is 0.0531. The lowest BCUT2D eigenvalue weighted by atomic mass is 9.94. The number of nitrogens with zero attached hydrogens (tertiary/aromatic N) is 1. The number of ketones is 1. The Labute approximate surface area is 190 Å². The summed E-state index contributed by atoms with van der Waals surface area (Å²) in [5.74, 6) is -0.774. The van der Waals surface area contributed by atoms with Crippen molar-refractivity contribution in [3.8, 4) is 17.2 Å². The summed E-state index contributed by atoms with van der Waals surface area (Å²) in [7, 11) is 5.91. The van der Waals surface area contributed by atoms with Crippen molar-refractivity contribution in [1.82, 2.24) is 4.90 Å². The van der Waals surface area contributed by atoms with Crippen LogP contribution in [-0.4, -0.2) is 63.3 Å². The molecule has 1 fully saturated rings. The fourth-order valence-electron chi connectivity index (χ4n) is 3.67. The molecule has 1 saturated heterocycles. The number of carbonyl (C=O) groups excluding carboxylic acids is 2. The van der Waals surface area contributed by atoms with E-state index in [0.29, 0.717) is 33.4 Å². The van der Waals surface area contributed by atoms with Gasteiger partial charge in [0.05, 0.1) is 39.6 Å². The Morgan fingerprint density at radius 3 is 2.09 bits per heavy atom. The lowest BCUT2D eigenvalue weighted by Gasteiger charge is -2.26. The van der Waals surface area contributed by atoms with Crippen LogP contribution < -0.4 is 14.2 Å². The van der Waals surface area contributed by atoms with Crippen LogP contribution in [0.15, 0.2) is 42.0 Å². The van der Waals surface area contributed by atoms with Crippen molar-refractivity contribution < 1.29 is 33.6 Å². The van der Waals surface area contributed by atoms with E-state index in [1.165, 1.54) is 33.3 Å². The van der Waals surface area contributed by atoms with E-state index in [9.17, 15) is 14.7 Å². The zero-order chi connectivity index (χ0) is 23.4. The molecule has 1 aliphatic heterocycles. The molecule has 0 saturated carbocycles. The smallest absolute Gasteiger partial charge is 0.295 e. The first kappa shape index (κ1) is 23.4. The summed E-state index contributed by atoms with van der Waals surface area (Å²) in [6, 6.07) is 8.73. The van der Waals surface area contributed by atoms with Gasteiger partial charge in [-0.2, -0.15) is 0 Å². The molecule has 0 spiro atoms. The van der Waals surface area contributed by atoms with Gasteiger partial charge in [-0.05, 0) is 42.0 Å². The van der Waals surface area contributed by atoms with Crippen molar-refractivity contribution in [3.63, 3.8) is 0 Å². The number of hydrogen-bond donors (Lipinski definition) is 1. The normalized spacial score (nSPS) is 17.5. The maximum absolute atomic E-state index is 13.0. The van der Waals surface area contributed by atoms with Gasteiger partial charge >= 0.3 is 0 Å². The fraction of sp³-hybridized carbons (Fsp3) is 0.304. The number of hydrogen-bond acceptors (Lipinski definition) is 7. The van der Waals surface area contributed by atoms with Crippen molar-refractivity contribution in [3.05, 3.63) is 58.1 Å². The molecule has 1 aliphatic rings. The average molecular weight is 462 g/mol. The Kier molecular flexibility index (Phi) is 7.27. The SMILES string of the molecule is COCCN1C(=O)C(=O)/C(=C(/O)c2ccc(Cl)cc2)C1c1cc(OC)c(OC)c(OC)c1. The molecule has 1 heterocycles. The minimum atomic E-state index is -0.894. The summed E-state index contributed by atoms with van der Waals surface area (Å²) >= 11 is 5.95. The van der Waals surface area contributed by atoms with Gasteiger partial charge in [0, 0.05) is 24.2 Å². The molecule has 32 heavy (non-hydrogen) atoms. The van der Waals surface area contributed by atoms with Gasteiger partial charge in [0.25, 0.3) is 11.7 Å². The second kappa shape index (κ2) is 9.93. The lowest BCUT2D eigenvalue weighted by Crippen LogP contribution is -2.32. The van der Waals surface area contributed by atoms with Crippen LogP contribution in [0.5, 0.6) is 17.2 Å². The van der Waals surface area contributed by atoms with Crippen LogP contribution in [0.1, 0.15) is 17.2 Å². The molecule has 8 nitrogen and oxygen atoms in total. The number of amides is 1. The monoisotopic (exact) mass is 461 g/mol. The maximum Gasteiger partial charge on any atom is 0.295 e. The second-order valence-electron chi connectivity index (χ2n) is 6.95. The van der Waals surface area contributed by atoms with Crippen LogP contribution in [-0.2, 0) is 14.3 Å². The van der Waals surface area contributed by atoms with Crippen molar-refractivity contribution >= 4 is 29.1 Å². The molecule has 0 aromatic heterocycles. The molecular weight excluding hydrogens is 438 g/mol. The molecule has 1 N–H and O–H groups in total. The van der Waals surface area contributed by atoms with E-state index < -0.39 is 17.7 Å². The number of methoxy groups -OCH3 is 4. The molecule has 1 amide bonds. The second-order valence-corrected chi connectivity index (χ2v) is 7.39. The molecule has 170 valence electrons. The van der Waals surface area contributed by atoms with E-state index in [2.05, 4.69) is 0 Å². The third kappa shape index (κ3) is 4.24. The molecule has 9 heteroatoms. The van der Waals surface area contributed by atoms with Crippen LogP contribution >= 0.6 is 11.6 Å². The van der Waals surface area contributed by atoms with E-state index in [1.54, 1.807) is 36.4 Å². The number of halogens is 1. The number of aliphatic hydroxyl groups is 1. The zero-order valence-corrected chi connectivity index (χ0v) is 18.9. The molecule has 2 aromatic rings. The summed E-state index contributed by atoms with van der Waals surface area (Å²) < 4.78 is 21.4. The number of rotatable bonds is 8. The van der Waals surface area contributed by atoms with Gasteiger partial charge in [0.1, 0.15) is 5.76 Å². The Balaban J connectivity index is 2.25. The van der Waals surface area contributed by atoms with Gasteiger partial charge in [0.2, 0.25) is 5.75 Å². The summed E-state index contributed by atoms with van der Waals surface area (Å²) in [5.41, 5.74) is 0.810. The van der Waals surface area contributed by atoms with E-state index in [0.717, 1.165) is 0 Å². The van der Waals surface area contributed by atoms with Crippen LogP contribution in [0.4, 0.5) is 0 Å². The van der Waals surface area contributed by atoms with E-state index in [1.807, 2.05) is 0 Å². The topological polar surface area (TPSA) is 94.5 Å². The van der Waals surface area contributed by atoms with Crippen LogP contribution in [0.2, 0.25) is 5.02 Å². The molecule has 1 atom stereocenters. The van der Waals surface area contributed by atoms with Gasteiger partial charge in [-0.1, -0.05) is 11.6 Å². The van der Waals surface area contributed by atoms with E-state index in [4.69, 9.17) is 30.5 Å². The predicted molar refractivity (Wildman–Crippen MR) is 118 cm³/mol. The molecule has 0 bridgehead atoms. The number of Topliss-reactive ketones (excluding diaryl/α,β-unsaturated/α-hetero) is 1. The standard InChI is InChI=1S/C23H24ClNO7/c1-29-10-9-25-19(14-11-16(30-2)22(32-4)17(12-14)31-3)18(21(27)23(25)28)20(26)13-5-7-15(24)8-6-13/h5-8,11-12,19,26H,9-10H2,1-4H3/b20-18+. The summed E-state index contributed by atoms with van der Waals surface area (Å²) in [4.78, 5) is 27.3. The molecule has 0 radical (unpaired) electrons. The quantitative estimate of drug-likeness (QED) is 0.365. The zero-order valence-electron chi connectivity index (χ0n) is 18.2. The highest BCUT2D eigenvalue weighted by Crippen LogP contribution is 2.45. The lowest BCUT2D eigenvalue weighted by molar-refractivity contribution is -0.140. The number of benzene rings is 2. The van der Waals surface area contributed by atoms with Crippen molar-refractivity contribution in [1.29, 1.82) is 0 Å². The molecule has 0 aliphatic carbocycles. The van der Waals surface area contributed by atoms with Gasteiger partial charge in [0.15, 0.2) is 11.5 Å². The van der Waals surface area contributed by atoms with E-state index in [-0.39, 0.29) is 24.5 Å². The number of likely N-dealkylation sites (tertiary alicyclic amines) is 1. The van der Waals surface area contributed by atoms with Crippen LogP contribution in [0.3, 0.4) is 0 Å². The summed E-state index contributed by atoms with van der Waals surface area (Å²) in [6.45, 7) is 0.342. The summed E-state index contributed by atoms with van der Waals surface area (Å²) in [6.07, 6.45) is 0. The minimum Gasteiger partial charge on any atom is -0.507 e. The Morgan fingerprint density at radius 2 is 1.59 bits per heavy atom. The third-order valence-corrected chi connectivity index (χ3v) is 5.45. The molecule has 1 unspecified atom stereocenters. The van der Waals surface area contributed by atoms with Crippen molar-refractivity contribution in [2.45, 2.75) is 6.04 Å². The highest BCUT2D eigenvalue weighted by Gasteiger charge is 2.46. The first-order chi connectivity index (χ1) is 15.4. The Hall–Kier alpha value is -3.23. The number of carbonyl (C=O) groups is 2. The predicted octanol–water partition coefficient (Wildman–Crippen LogP) is 3.43. The maximum atomic E-state index is 13.0. The molecule has 2 aromatic carbocycles. The van der Waals surface area contributed by atoms with Crippen LogP contribution in [0, 0.1) is 0 Å². The fourth-order valence-corrected chi connectivity index (χ4v) is 3.80. The first-order valence-electron chi connectivity index (χ1n) is 9.71.